The maximum absolute atomic E-state index is 13.4. The molecule has 0 aromatic heterocycles. The van der Waals surface area contributed by atoms with Crippen LogP contribution in [0.4, 0.5) is 5.69 Å². The molecule has 0 radical (unpaired) electrons. The van der Waals surface area contributed by atoms with E-state index < -0.39 is 6.17 Å². The summed E-state index contributed by atoms with van der Waals surface area (Å²) < 4.78 is 5.17. The Balaban J connectivity index is 1.85. The normalized spacial score (nSPS) is 14.7. The number of fused-ring (bicyclic) bond motifs is 1. The van der Waals surface area contributed by atoms with Crippen LogP contribution in [0.15, 0.2) is 63.6 Å². The molecular formula is C28H36N6O4. The number of nitrogens with zero attached hydrogens (tertiary/aromatic N) is 4. The Bertz CT molecular complexity index is 1160. The van der Waals surface area contributed by atoms with Crippen molar-refractivity contribution >= 4 is 23.6 Å². The Kier molecular flexibility index (Phi) is 11.0. The molecule has 0 spiro atoms. The summed E-state index contributed by atoms with van der Waals surface area (Å²) in [7, 11) is 0. The van der Waals surface area contributed by atoms with Crippen LogP contribution < -0.4 is 11.2 Å². The van der Waals surface area contributed by atoms with Gasteiger partial charge in [-0.2, -0.15) is 4.91 Å². The SMILES string of the molecule is CCCOC(=O)Cc1ccc(-c2ccc3c(c2)NC(N=NN)CC(C(=O)N(CCC)CCCN=O)=C3)cc1. The maximum atomic E-state index is 13.4. The first-order chi connectivity index (χ1) is 18.5. The minimum absolute atomic E-state index is 0.0956. The fourth-order valence-electron chi connectivity index (χ4n) is 4.33. The summed E-state index contributed by atoms with van der Waals surface area (Å²) in [6, 6.07) is 13.7. The lowest BCUT2D eigenvalue weighted by atomic mass is 9.99. The third-order valence-electron chi connectivity index (χ3n) is 6.16. The highest BCUT2D eigenvalue weighted by Crippen LogP contribution is 2.32. The van der Waals surface area contributed by atoms with Gasteiger partial charge in [-0.1, -0.05) is 60.6 Å². The van der Waals surface area contributed by atoms with Gasteiger partial charge >= 0.3 is 5.97 Å². The van der Waals surface area contributed by atoms with Crippen molar-refractivity contribution in [1.82, 2.24) is 4.90 Å². The van der Waals surface area contributed by atoms with Crippen molar-refractivity contribution in [3.8, 4) is 11.1 Å². The average Bonchev–Trinajstić information content (AvgIpc) is 3.10. The van der Waals surface area contributed by atoms with Crippen molar-refractivity contribution in [2.24, 2.45) is 21.4 Å². The van der Waals surface area contributed by atoms with E-state index in [-0.39, 0.29) is 24.8 Å². The molecule has 202 valence electrons. The summed E-state index contributed by atoms with van der Waals surface area (Å²) in [6.07, 6.45) is 4.04. The molecule has 3 rings (SSSR count). The van der Waals surface area contributed by atoms with E-state index in [1.54, 1.807) is 4.90 Å². The van der Waals surface area contributed by atoms with Gasteiger partial charge in [0.15, 0.2) is 0 Å². The van der Waals surface area contributed by atoms with Crippen molar-refractivity contribution in [1.29, 1.82) is 0 Å². The Morgan fingerprint density at radius 3 is 2.53 bits per heavy atom. The highest BCUT2D eigenvalue weighted by Gasteiger charge is 2.25. The topological polar surface area (TPSA) is 139 Å². The number of nitroso groups, excluding NO2 is 1. The van der Waals surface area contributed by atoms with E-state index in [2.05, 4.69) is 20.8 Å². The molecule has 2 aromatic carbocycles. The van der Waals surface area contributed by atoms with Gasteiger partial charge in [0.05, 0.1) is 19.6 Å². The summed E-state index contributed by atoms with van der Waals surface area (Å²) in [4.78, 5) is 37.6. The second-order valence-corrected chi connectivity index (χ2v) is 9.16. The number of amides is 1. The van der Waals surface area contributed by atoms with Crippen LogP contribution in [0.5, 0.6) is 0 Å². The minimum atomic E-state index is -0.511. The van der Waals surface area contributed by atoms with Gasteiger partial charge in [0.25, 0.3) is 0 Å². The van der Waals surface area contributed by atoms with E-state index >= 15 is 0 Å². The first-order valence-corrected chi connectivity index (χ1v) is 13.0. The summed E-state index contributed by atoms with van der Waals surface area (Å²) in [6.45, 7) is 5.62. The standard InChI is InChI=1S/C28H36N6O4/c1-3-13-34(14-5-12-30-37)28(36)24-17-23-11-10-22(18-25(23)31-26(19-24)32-33-29)21-8-6-20(7-9-21)16-27(35)38-15-4-2/h6-11,17-18,26,31H,3-5,12-16,19H2,1-2H3,(H2,29,32). The van der Waals surface area contributed by atoms with E-state index in [0.29, 0.717) is 38.1 Å². The lowest BCUT2D eigenvalue weighted by Gasteiger charge is -2.23. The zero-order valence-corrected chi connectivity index (χ0v) is 22.1. The van der Waals surface area contributed by atoms with Gasteiger partial charge < -0.3 is 20.8 Å². The number of rotatable bonds is 13. The lowest BCUT2D eigenvalue weighted by molar-refractivity contribution is -0.142. The Morgan fingerprint density at radius 1 is 1.08 bits per heavy atom. The number of nitrogens with two attached hydrogens (primary N) is 1. The Hall–Kier alpha value is -4.08. The van der Waals surface area contributed by atoms with Crippen molar-refractivity contribution in [3.63, 3.8) is 0 Å². The van der Waals surface area contributed by atoms with E-state index in [1.165, 1.54) is 0 Å². The number of benzene rings is 2. The molecule has 0 saturated heterocycles. The average molecular weight is 521 g/mol. The number of nitrogens with one attached hydrogen (secondary N) is 1. The molecule has 10 heteroatoms. The van der Waals surface area contributed by atoms with E-state index in [4.69, 9.17) is 10.6 Å². The molecule has 0 fully saturated rings. The molecule has 1 atom stereocenters. The quantitative estimate of drug-likeness (QED) is 0.0941. The number of esters is 1. The highest BCUT2D eigenvalue weighted by atomic mass is 16.5. The molecule has 10 nitrogen and oxygen atoms in total. The third-order valence-corrected chi connectivity index (χ3v) is 6.16. The second-order valence-electron chi connectivity index (χ2n) is 9.16. The number of hydrogen-bond donors (Lipinski definition) is 2. The Labute approximate surface area is 223 Å². The van der Waals surface area contributed by atoms with Crippen LogP contribution in [0.25, 0.3) is 17.2 Å². The van der Waals surface area contributed by atoms with Crippen LogP contribution in [0.3, 0.4) is 0 Å². The predicted octanol–water partition coefficient (Wildman–Crippen LogP) is 5.10. The molecule has 1 amide bonds. The van der Waals surface area contributed by atoms with Gasteiger partial charge in [0.2, 0.25) is 5.91 Å². The van der Waals surface area contributed by atoms with Crippen LogP contribution in [0.2, 0.25) is 0 Å². The number of anilines is 1. The molecule has 38 heavy (non-hydrogen) atoms. The first-order valence-electron chi connectivity index (χ1n) is 13.0. The van der Waals surface area contributed by atoms with Gasteiger partial charge in [-0.3, -0.25) is 9.59 Å². The van der Waals surface area contributed by atoms with Crippen molar-refractivity contribution in [2.75, 3.05) is 31.6 Å². The van der Waals surface area contributed by atoms with Crippen LogP contribution in [0, 0.1) is 4.91 Å². The van der Waals surface area contributed by atoms with Crippen LogP contribution in [0.1, 0.15) is 50.7 Å². The molecule has 1 unspecified atom stereocenters. The molecule has 2 aromatic rings. The number of carbonyl (C=O) groups excluding carboxylic acids is 2. The molecule has 0 saturated carbocycles. The summed E-state index contributed by atoms with van der Waals surface area (Å²) in [5.74, 6) is 5.04. The largest absolute Gasteiger partial charge is 0.465 e. The van der Waals surface area contributed by atoms with Crippen LogP contribution in [-0.2, 0) is 20.7 Å². The summed E-state index contributed by atoms with van der Waals surface area (Å²) in [5.41, 5.74) is 5.10. The molecule has 1 heterocycles. The highest BCUT2D eigenvalue weighted by molar-refractivity contribution is 5.99. The van der Waals surface area contributed by atoms with Crippen LogP contribution >= 0.6 is 0 Å². The number of ether oxygens (including phenoxy) is 1. The number of hydrogen-bond acceptors (Lipinski definition) is 8. The molecular weight excluding hydrogens is 484 g/mol. The molecule has 0 aliphatic carbocycles. The van der Waals surface area contributed by atoms with Crippen molar-refractivity contribution in [2.45, 2.75) is 52.1 Å². The van der Waals surface area contributed by atoms with Crippen LogP contribution in [-0.4, -0.2) is 49.2 Å². The van der Waals surface area contributed by atoms with Crippen molar-refractivity contribution < 1.29 is 14.3 Å². The van der Waals surface area contributed by atoms with E-state index in [9.17, 15) is 14.5 Å². The minimum Gasteiger partial charge on any atom is -0.465 e. The molecule has 1 aliphatic heterocycles. The zero-order valence-electron chi connectivity index (χ0n) is 22.1. The number of carbonyl (C=O) groups is 2. The third kappa shape index (κ3) is 7.96. The fourth-order valence-corrected chi connectivity index (χ4v) is 4.33. The monoisotopic (exact) mass is 520 g/mol. The van der Waals surface area contributed by atoms with Crippen molar-refractivity contribution in [3.05, 3.63) is 64.1 Å². The lowest BCUT2D eigenvalue weighted by Crippen LogP contribution is -2.35. The summed E-state index contributed by atoms with van der Waals surface area (Å²) >= 11 is 0. The fraction of sp³-hybridized carbons (Fsp3) is 0.429. The Morgan fingerprint density at radius 2 is 1.84 bits per heavy atom. The van der Waals surface area contributed by atoms with Gasteiger partial charge in [-0.15, -0.1) is 5.11 Å². The van der Waals surface area contributed by atoms with E-state index in [1.807, 2.05) is 62.4 Å². The zero-order chi connectivity index (χ0) is 27.3. The van der Waals surface area contributed by atoms with E-state index in [0.717, 1.165) is 40.8 Å². The first kappa shape index (κ1) is 28.5. The smallest absolute Gasteiger partial charge is 0.310 e. The predicted molar refractivity (Wildman–Crippen MR) is 148 cm³/mol. The van der Waals surface area contributed by atoms with Gasteiger partial charge in [0.1, 0.15) is 6.17 Å². The molecule has 0 bridgehead atoms. The second kappa shape index (κ2) is 14.6. The van der Waals surface area contributed by atoms with Gasteiger partial charge in [-0.25, -0.2) is 0 Å². The molecule has 1 aliphatic rings. The molecule has 3 N–H and O–H groups in total. The van der Waals surface area contributed by atoms with Gasteiger partial charge in [0, 0.05) is 30.8 Å². The maximum Gasteiger partial charge on any atom is 0.310 e. The van der Waals surface area contributed by atoms with Gasteiger partial charge in [-0.05, 0) is 53.7 Å². The summed E-state index contributed by atoms with van der Waals surface area (Å²) in [5, 5.41) is 13.8.